The summed E-state index contributed by atoms with van der Waals surface area (Å²) in [6.45, 7) is 7.37. The zero-order valence-electron chi connectivity index (χ0n) is 10.1. The fourth-order valence-electron chi connectivity index (χ4n) is 1.85. The van der Waals surface area contributed by atoms with Crippen LogP contribution in [-0.4, -0.2) is 9.55 Å². The van der Waals surface area contributed by atoms with E-state index in [-0.39, 0.29) is 0 Å². The van der Waals surface area contributed by atoms with E-state index in [1.54, 1.807) is 0 Å². The summed E-state index contributed by atoms with van der Waals surface area (Å²) >= 11 is 0. The summed E-state index contributed by atoms with van der Waals surface area (Å²) in [5.41, 5.74) is 2.63. The molecular formula is C14H18N2. The van der Waals surface area contributed by atoms with Crippen LogP contribution in [0.4, 0.5) is 0 Å². The van der Waals surface area contributed by atoms with Crippen LogP contribution in [0, 0.1) is 6.92 Å². The number of benzene rings is 1. The predicted molar refractivity (Wildman–Crippen MR) is 66.6 cm³/mol. The second-order valence-corrected chi connectivity index (χ2v) is 4.55. The summed E-state index contributed by atoms with van der Waals surface area (Å²) in [6.07, 6.45) is 3.93. The van der Waals surface area contributed by atoms with Gasteiger partial charge in [0.1, 0.15) is 5.82 Å². The molecule has 2 nitrogen and oxygen atoms in total. The summed E-state index contributed by atoms with van der Waals surface area (Å²) < 4.78 is 2.22. The number of aryl methyl sites for hydroxylation is 1. The van der Waals surface area contributed by atoms with Gasteiger partial charge in [-0.25, -0.2) is 4.98 Å². The number of rotatable bonds is 3. The highest BCUT2D eigenvalue weighted by Crippen LogP contribution is 2.14. The Kier molecular flexibility index (Phi) is 3.09. The van der Waals surface area contributed by atoms with Crippen LogP contribution in [0.3, 0.4) is 0 Å². The van der Waals surface area contributed by atoms with Crippen molar-refractivity contribution in [1.82, 2.24) is 9.55 Å². The number of hydrogen-bond donors (Lipinski definition) is 0. The second kappa shape index (κ2) is 4.52. The van der Waals surface area contributed by atoms with E-state index in [4.69, 9.17) is 0 Å². The lowest BCUT2D eigenvalue weighted by Gasteiger charge is -2.10. The van der Waals surface area contributed by atoms with Gasteiger partial charge in [-0.3, -0.25) is 0 Å². The van der Waals surface area contributed by atoms with Gasteiger partial charge in [0.2, 0.25) is 0 Å². The minimum absolute atomic E-state index is 0.473. The van der Waals surface area contributed by atoms with Gasteiger partial charge in [0.15, 0.2) is 0 Å². The van der Waals surface area contributed by atoms with E-state index in [1.165, 1.54) is 11.1 Å². The molecule has 84 valence electrons. The van der Waals surface area contributed by atoms with Crippen LogP contribution in [0.25, 0.3) is 0 Å². The maximum Gasteiger partial charge on any atom is 0.111 e. The number of hydrogen-bond acceptors (Lipinski definition) is 1. The standard InChI is InChI=1S/C14H18N2/c1-11(2)14-15-8-9-16(14)10-13-6-4-12(3)5-7-13/h4-9,11H,10H2,1-3H3. The predicted octanol–water partition coefficient (Wildman–Crippen LogP) is 3.36. The maximum atomic E-state index is 4.39. The summed E-state index contributed by atoms with van der Waals surface area (Å²) in [4.78, 5) is 4.39. The molecule has 2 heteroatoms. The van der Waals surface area contributed by atoms with Crippen LogP contribution in [-0.2, 0) is 6.54 Å². The SMILES string of the molecule is Cc1ccc(Cn2ccnc2C(C)C)cc1. The smallest absolute Gasteiger partial charge is 0.111 e. The van der Waals surface area contributed by atoms with Crippen LogP contribution in [0.1, 0.15) is 36.7 Å². The van der Waals surface area contributed by atoms with Crippen molar-refractivity contribution in [2.24, 2.45) is 0 Å². The Labute approximate surface area is 97.0 Å². The first-order valence-corrected chi connectivity index (χ1v) is 5.73. The average molecular weight is 214 g/mol. The second-order valence-electron chi connectivity index (χ2n) is 4.55. The van der Waals surface area contributed by atoms with E-state index in [0.717, 1.165) is 12.4 Å². The molecule has 0 aliphatic carbocycles. The molecule has 1 heterocycles. The van der Waals surface area contributed by atoms with Crippen molar-refractivity contribution in [3.8, 4) is 0 Å². The zero-order chi connectivity index (χ0) is 11.5. The highest BCUT2D eigenvalue weighted by Gasteiger charge is 2.06. The minimum atomic E-state index is 0.473. The molecule has 0 radical (unpaired) electrons. The van der Waals surface area contributed by atoms with Crippen LogP contribution in [0.5, 0.6) is 0 Å². The quantitative estimate of drug-likeness (QED) is 0.766. The van der Waals surface area contributed by atoms with Gasteiger partial charge in [-0.05, 0) is 12.5 Å². The number of nitrogens with zero attached hydrogens (tertiary/aromatic N) is 2. The first-order valence-electron chi connectivity index (χ1n) is 5.73. The normalized spacial score (nSPS) is 11.0. The summed E-state index contributed by atoms with van der Waals surface area (Å²) in [5.74, 6) is 1.63. The molecule has 0 fully saturated rings. The monoisotopic (exact) mass is 214 g/mol. The lowest BCUT2D eigenvalue weighted by atomic mass is 10.1. The van der Waals surface area contributed by atoms with Crippen molar-refractivity contribution >= 4 is 0 Å². The first-order chi connectivity index (χ1) is 7.66. The molecule has 1 aromatic carbocycles. The van der Waals surface area contributed by atoms with E-state index < -0.39 is 0 Å². The molecule has 1 aromatic heterocycles. The fourth-order valence-corrected chi connectivity index (χ4v) is 1.85. The fraction of sp³-hybridized carbons (Fsp3) is 0.357. The Bertz CT molecular complexity index is 452. The number of aromatic nitrogens is 2. The Morgan fingerprint density at radius 2 is 1.88 bits per heavy atom. The molecule has 0 unspecified atom stereocenters. The molecule has 0 N–H and O–H groups in total. The molecule has 0 aliphatic heterocycles. The van der Waals surface area contributed by atoms with E-state index in [2.05, 4.69) is 60.8 Å². The molecule has 2 rings (SSSR count). The third kappa shape index (κ3) is 2.32. The molecule has 0 bridgehead atoms. The Morgan fingerprint density at radius 1 is 1.19 bits per heavy atom. The van der Waals surface area contributed by atoms with Gasteiger partial charge in [-0.1, -0.05) is 43.7 Å². The number of imidazole rings is 1. The van der Waals surface area contributed by atoms with E-state index in [0.29, 0.717) is 5.92 Å². The Hall–Kier alpha value is -1.57. The van der Waals surface area contributed by atoms with Crippen molar-refractivity contribution in [2.45, 2.75) is 33.2 Å². The zero-order valence-corrected chi connectivity index (χ0v) is 10.1. The molecule has 0 amide bonds. The maximum absolute atomic E-state index is 4.39. The molecular weight excluding hydrogens is 196 g/mol. The van der Waals surface area contributed by atoms with Crippen LogP contribution in [0.15, 0.2) is 36.7 Å². The third-order valence-corrected chi connectivity index (χ3v) is 2.74. The highest BCUT2D eigenvalue weighted by molar-refractivity contribution is 5.22. The molecule has 0 saturated heterocycles. The molecule has 16 heavy (non-hydrogen) atoms. The van der Waals surface area contributed by atoms with E-state index in [1.807, 2.05) is 6.20 Å². The third-order valence-electron chi connectivity index (χ3n) is 2.74. The lowest BCUT2D eigenvalue weighted by molar-refractivity contribution is 0.669. The van der Waals surface area contributed by atoms with Crippen molar-refractivity contribution in [2.75, 3.05) is 0 Å². The molecule has 0 saturated carbocycles. The van der Waals surface area contributed by atoms with Crippen molar-refractivity contribution in [3.63, 3.8) is 0 Å². The Morgan fingerprint density at radius 3 is 2.50 bits per heavy atom. The van der Waals surface area contributed by atoms with Crippen LogP contribution >= 0.6 is 0 Å². The van der Waals surface area contributed by atoms with Crippen molar-refractivity contribution in [3.05, 3.63) is 53.6 Å². The summed E-state index contributed by atoms with van der Waals surface area (Å²) in [6, 6.07) is 8.67. The highest BCUT2D eigenvalue weighted by atomic mass is 15.1. The van der Waals surface area contributed by atoms with E-state index >= 15 is 0 Å². The minimum Gasteiger partial charge on any atom is -0.330 e. The molecule has 0 aliphatic rings. The first kappa shape index (κ1) is 10.9. The topological polar surface area (TPSA) is 17.8 Å². The lowest BCUT2D eigenvalue weighted by Crippen LogP contribution is -2.05. The van der Waals surface area contributed by atoms with Gasteiger partial charge in [0.25, 0.3) is 0 Å². The van der Waals surface area contributed by atoms with Gasteiger partial charge in [0.05, 0.1) is 0 Å². The van der Waals surface area contributed by atoms with E-state index in [9.17, 15) is 0 Å². The Balaban J connectivity index is 2.20. The van der Waals surface area contributed by atoms with Gasteiger partial charge < -0.3 is 4.57 Å². The summed E-state index contributed by atoms with van der Waals surface area (Å²) in [5, 5.41) is 0. The average Bonchev–Trinajstić information content (AvgIpc) is 2.69. The van der Waals surface area contributed by atoms with Gasteiger partial charge in [-0.2, -0.15) is 0 Å². The molecule has 2 aromatic rings. The largest absolute Gasteiger partial charge is 0.330 e. The van der Waals surface area contributed by atoms with Crippen LogP contribution in [0.2, 0.25) is 0 Å². The van der Waals surface area contributed by atoms with Crippen molar-refractivity contribution < 1.29 is 0 Å². The van der Waals surface area contributed by atoms with Gasteiger partial charge >= 0.3 is 0 Å². The van der Waals surface area contributed by atoms with Gasteiger partial charge in [0, 0.05) is 24.9 Å². The molecule has 0 spiro atoms. The molecule has 0 atom stereocenters. The van der Waals surface area contributed by atoms with Gasteiger partial charge in [-0.15, -0.1) is 0 Å². The van der Waals surface area contributed by atoms with Crippen LogP contribution < -0.4 is 0 Å². The summed E-state index contributed by atoms with van der Waals surface area (Å²) in [7, 11) is 0. The van der Waals surface area contributed by atoms with Crippen molar-refractivity contribution in [1.29, 1.82) is 0 Å².